The van der Waals surface area contributed by atoms with Crippen LogP contribution in [0.4, 0.5) is 5.95 Å². The van der Waals surface area contributed by atoms with Crippen LogP contribution in [-0.2, 0) is 0 Å². The lowest BCUT2D eigenvalue weighted by Crippen LogP contribution is -2.05. The molecule has 22 heavy (non-hydrogen) atoms. The van der Waals surface area contributed by atoms with Gasteiger partial charge in [-0.15, -0.1) is 0 Å². The van der Waals surface area contributed by atoms with Gasteiger partial charge in [0.25, 0.3) is 0 Å². The zero-order valence-electron chi connectivity index (χ0n) is 11.4. The number of nitrogens with zero attached hydrogens (tertiary/aromatic N) is 4. The number of benzene rings is 1. The number of para-hydroxylation sites is 1. The van der Waals surface area contributed by atoms with Crippen LogP contribution in [-0.4, -0.2) is 19.6 Å². The van der Waals surface area contributed by atoms with E-state index in [9.17, 15) is 0 Å². The minimum Gasteiger partial charge on any atom is -0.463 e. The van der Waals surface area contributed by atoms with Gasteiger partial charge in [0.2, 0.25) is 5.95 Å². The van der Waals surface area contributed by atoms with Gasteiger partial charge in [-0.2, -0.15) is 19.6 Å². The molecular weight excluding hydrogens is 282 g/mol. The van der Waals surface area contributed by atoms with Crippen LogP contribution in [0.15, 0.2) is 59.2 Å². The van der Waals surface area contributed by atoms with Gasteiger partial charge in [0.1, 0.15) is 11.4 Å². The molecule has 0 aliphatic heterocycles. The second-order valence-corrected chi connectivity index (χ2v) is 4.56. The van der Waals surface area contributed by atoms with E-state index in [0.717, 1.165) is 0 Å². The zero-order valence-corrected chi connectivity index (χ0v) is 11.4. The third kappa shape index (κ3) is 2.14. The van der Waals surface area contributed by atoms with E-state index >= 15 is 0 Å². The van der Waals surface area contributed by atoms with Gasteiger partial charge in [-0.05, 0) is 24.3 Å². The van der Waals surface area contributed by atoms with Crippen LogP contribution >= 0.6 is 0 Å². The molecule has 3 heterocycles. The summed E-state index contributed by atoms with van der Waals surface area (Å²) in [6.07, 6.45) is 1.58. The highest BCUT2D eigenvalue weighted by atomic mass is 16.5. The first-order valence-electron chi connectivity index (χ1n) is 6.60. The highest BCUT2D eigenvalue weighted by Gasteiger charge is 2.12. The summed E-state index contributed by atoms with van der Waals surface area (Å²) in [6.45, 7) is 0. The molecule has 4 rings (SSSR count). The van der Waals surface area contributed by atoms with E-state index < -0.39 is 0 Å². The van der Waals surface area contributed by atoms with Gasteiger partial charge >= 0.3 is 6.01 Å². The monoisotopic (exact) mass is 293 g/mol. The number of fused-ring (bicyclic) bond motifs is 1. The van der Waals surface area contributed by atoms with Gasteiger partial charge in [-0.1, -0.05) is 18.2 Å². The predicted octanol–water partition coefficient (Wildman–Crippen LogP) is 2.76. The van der Waals surface area contributed by atoms with Crippen LogP contribution in [0.2, 0.25) is 0 Å². The molecule has 0 fully saturated rings. The molecule has 0 saturated heterocycles. The molecule has 2 N–H and O–H groups in total. The Morgan fingerprint density at radius 2 is 1.91 bits per heavy atom. The fourth-order valence-electron chi connectivity index (χ4n) is 2.07. The number of furan rings is 1. The molecule has 0 amide bonds. The standard InChI is InChI=1S/C15H11N5O2/c16-14-18-15(22-10-5-2-1-3-6-10)17-13-9-11(19-20(13)14)12-7-4-8-21-12/h1-9H,(H2,16,17,18). The fourth-order valence-corrected chi connectivity index (χ4v) is 2.07. The molecule has 0 atom stereocenters. The molecule has 108 valence electrons. The Kier molecular flexibility index (Phi) is 2.75. The number of hydrogen-bond acceptors (Lipinski definition) is 6. The van der Waals surface area contributed by atoms with E-state index in [1.54, 1.807) is 18.4 Å². The Bertz CT molecular complexity index is 916. The molecule has 0 radical (unpaired) electrons. The smallest absolute Gasteiger partial charge is 0.327 e. The first kappa shape index (κ1) is 12.4. The number of aromatic nitrogens is 4. The predicted molar refractivity (Wildman–Crippen MR) is 79.4 cm³/mol. The van der Waals surface area contributed by atoms with Crippen molar-refractivity contribution in [3.63, 3.8) is 0 Å². The number of rotatable bonds is 3. The number of nitrogen functional groups attached to an aromatic ring is 1. The summed E-state index contributed by atoms with van der Waals surface area (Å²) in [6, 6.07) is 14.8. The Hall–Kier alpha value is -3.35. The number of anilines is 1. The molecule has 4 aromatic rings. The third-order valence-electron chi connectivity index (χ3n) is 3.05. The quantitative estimate of drug-likeness (QED) is 0.624. The lowest BCUT2D eigenvalue weighted by molar-refractivity contribution is 0.442. The van der Waals surface area contributed by atoms with Crippen molar-refractivity contribution >= 4 is 11.6 Å². The van der Waals surface area contributed by atoms with E-state index in [1.807, 2.05) is 36.4 Å². The van der Waals surface area contributed by atoms with Gasteiger partial charge in [0, 0.05) is 6.07 Å². The Morgan fingerprint density at radius 3 is 2.68 bits per heavy atom. The van der Waals surface area contributed by atoms with Gasteiger partial charge in [-0.3, -0.25) is 0 Å². The van der Waals surface area contributed by atoms with E-state index in [4.69, 9.17) is 14.9 Å². The van der Waals surface area contributed by atoms with Crippen LogP contribution in [0.3, 0.4) is 0 Å². The van der Waals surface area contributed by atoms with Gasteiger partial charge in [0.15, 0.2) is 11.4 Å². The highest BCUT2D eigenvalue weighted by molar-refractivity contribution is 5.60. The van der Waals surface area contributed by atoms with Crippen LogP contribution in [0.1, 0.15) is 0 Å². The van der Waals surface area contributed by atoms with Crippen molar-refractivity contribution in [1.82, 2.24) is 19.6 Å². The molecule has 1 aromatic carbocycles. The van der Waals surface area contributed by atoms with E-state index in [-0.39, 0.29) is 12.0 Å². The fraction of sp³-hybridized carbons (Fsp3) is 0. The van der Waals surface area contributed by atoms with Gasteiger partial charge in [-0.25, -0.2) is 0 Å². The van der Waals surface area contributed by atoms with E-state index in [0.29, 0.717) is 22.9 Å². The second-order valence-electron chi connectivity index (χ2n) is 4.56. The third-order valence-corrected chi connectivity index (χ3v) is 3.05. The Balaban J connectivity index is 1.76. The Labute approximate surface area is 125 Å². The molecular formula is C15H11N5O2. The molecule has 3 aromatic heterocycles. The maximum absolute atomic E-state index is 5.92. The molecule has 0 aliphatic carbocycles. The van der Waals surface area contributed by atoms with Crippen molar-refractivity contribution in [1.29, 1.82) is 0 Å². The lowest BCUT2D eigenvalue weighted by Gasteiger charge is -2.04. The topological polar surface area (TPSA) is 91.5 Å². The molecule has 0 bridgehead atoms. The van der Waals surface area contributed by atoms with Crippen molar-refractivity contribution in [2.75, 3.05) is 5.73 Å². The average molecular weight is 293 g/mol. The first-order valence-corrected chi connectivity index (χ1v) is 6.60. The first-order chi connectivity index (χ1) is 10.8. The summed E-state index contributed by atoms with van der Waals surface area (Å²) in [5.41, 5.74) is 7.08. The SMILES string of the molecule is Nc1nc(Oc2ccccc2)nc2cc(-c3ccco3)nn12. The summed E-state index contributed by atoms with van der Waals surface area (Å²) in [4.78, 5) is 8.41. The van der Waals surface area contributed by atoms with Gasteiger partial charge in [0.05, 0.1) is 6.26 Å². The summed E-state index contributed by atoms with van der Waals surface area (Å²) in [5, 5.41) is 4.32. The minimum absolute atomic E-state index is 0.169. The molecule has 0 unspecified atom stereocenters. The van der Waals surface area contributed by atoms with E-state index in [1.165, 1.54) is 4.52 Å². The van der Waals surface area contributed by atoms with Crippen LogP contribution in [0.5, 0.6) is 11.8 Å². The number of hydrogen-bond donors (Lipinski definition) is 1. The lowest BCUT2D eigenvalue weighted by atomic mass is 10.3. The van der Waals surface area contributed by atoms with Crippen molar-refractivity contribution in [2.24, 2.45) is 0 Å². The second kappa shape index (κ2) is 4.88. The van der Waals surface area contributed by atoms with Gasteiger partial charge < -0.3 is 14.9 Å². The van der Waals surface area contributed by atoms with Crippen molar-refractivity contribution < 1.29 is 9.15 Å². The molecule has 0 saturated carbocycles. The molecule has 0 aliphatic rings. The largest absolute Gasteiger partial charge is 0.463 e. The number of ether oxygens (including phenoxy) is 1. The van der Waals surface area contributed by atoms with Crippen molar-refractivity contribution in [3.05, 3.63) is 54.8 Å². The molecule has 0 spiro atoms. The van der Waals surface area contributed by atoms with Crippen LogP contribution in [0.25, 0.3) is 17.1 Å². The van der Waals surface area contributed by atoms with Crippen LogP contribution < -0.4 is 10.5 Å². The summed E-state index contributed by atoms with van der Waals surface area (Å²) < 4.78 is 12.4. The van der Waals surface area contributed by atoms with Crippen LogP contribution in [0, 0.1) is 0 Å². The maximum atomic E-state index is 5.92. The van der Waals surface area contributed by atoms with Crippen molar-refractivity contribution in [3.8, 4) is 23.2 Å². The maximum Gasteiger partial charge on any atom is 0.327 e. The van der Waals surface area contributed by atoms with Crippen molar-refractivity contribution in [2.45, 2.75) is 0 Å². The minimum atomic E-state index is 0.169. The zero-order chi connectivity index (χ0) is 14.9. The van der Waals surface area contributed by atoms with E-state index in [2.05, 4.69) is 15.1 Å². The number of nitrogens with two attached hydrogens (primary N) is 1. The summed E-state index contributed by atoms with van der Waals surface area (Å²) in [5.74, 6) is 1.46. The normalized spacial score (nSPS) is 10.9. The molecule has 7 heteroatoms. The highest BCUT2D eigenvalue weighted by Crippen LogP contribution is 2.23. The summed E-state index contributed by atoms with van der Waals surface area (Å²) >= 11 is 0. The molecule has 7 nitrogen and oxygen atoms in total. The summed E-state index contributed by atoms with van der Waals surface area (Å²) in [7, 11) is 0. The Morgan fingerprint density at radius 1 is 1.05 bits per heavy atom. The average Bonchev–Trinajstić information content (AvgIpc) is 3.17.